The van der Waals surface area contributed by atoms with Crippen LogP contribution in [0.4, 0.5) is 0 Å². The summed E-state index contributed by atoms with van der Waals surface area (Å²) in [5, 5.41) is 4.44. The highest BCUT2D eigenvalue weighted by atomic mass is 16.6. The second kappa shape index (κ2) is 7.71. The van der Waals surface area contributed by atoms with Gasteiger partial charge in [-0.2, -0.15) is 5.10 Å². The van der Waals surface area contributed by atoms with Crippen molar-refractivity contribution in [2.24, 2.45) is 5.10 Å². The number of esters is 1. The zero-order valence-corrected chi connectivity index (χ0v) is 15.0. The number of carbonyl (C=O) groups excluding carboxylic acids is 1. The van der Waals surface area contributed by atoms with Gasteiger partial charge in [0.2, 0.25) is 0 Å². The quantitative estimate of drug-likeness (QED) is 0.304. The Morgan fingerprint density at radius 2 is 1.89 bits per heavy atom. The molecule has 138 valence electrons. The van der Waals surface area contributed by atoms with Gasteiger partial charge in [0.25, 0.3) is 0 Å². The highest BCUT2D eigenvalue weighted by Crippen LogP contribution is 2.28. The summed E-state index contributed by atoms with van der Waals surface area (Å²) < 4.78 is 12.5. The zero-order chi connectivity index (χ0) is 19.3. The smallest absolute Gasteiger partial charge is 0.343 e. The minimum absolute atomic E-state index is 0.328. The van der Waals surface area contributed by atoms with Crippen molar-refractivity contribution in [3.63, 3.8) is 0 Å². The van der Waals surface area contributed by atoms with Crippen LogP contribution in [0.1, 0.15) is 15.9 Å². The van der Waals surface area contributed by atoms with Crippen molar-refractivity contribution >= 4 is 23.2 Å². The molecule has 2 heterocycles. The molecule has 0 saturated heterocycles. The van der Waals surface area contributed by atoms with Gasteiger partial charge < -0.3 is 9.47 Å². The Bertz CT molecular complexity index is 1150. The number of imidazole rings is 1. The number of rotatable bonds is 5. The molecule has 0 spiro atoms. The third-order valence-electron chi connectivity index (χ3n) is 4.07. The van der Waals surface area contributed by atoms with Crippen LogP contribution in [-0.2, 0) is 0 Å². The van der Waals surface area contributed by atoms with Crippen molar-refractivity contribution < 1.29 is 14.3 Å². The van der Waals surface area contributed by atoms with Crippen molar-refractivity contribution in [3.05, 3.63) is 84.4 Å². The van der Waals surface area contributed by atoms with Gasteiger partial charge in [-0.3, -0.25) is 4.98 Å². The molecule has 4 rings (SSSR count). The van der Waals surface area contributed by atoms with Crippen LogP contribution in [0.25, 0.3) is 11.0 Å². The summed E-state index contributed by atoms with van der Waals surface area (Å²) in [6.45, 7) is 0. The van der Waals surface area contributed by atoms with E-state index in [0.717, 1.165) is 16.6 Å². The van der Waals surface area contributed by atoms with Crippen LogP contribution in [0, 0.1) is 0 Å². The second-order valence-electron chi connectivity index (χ2n) is 5.86. The maximum atomic E-state index is 12.2. The molecular weight excluding hydrogens is 356 g/mol. The number of carbonyl (C=O) groups is 1. The summed E-state index contributed by atoms with van der Waals surface area (Å²) >= 11 is 0. The van der Waals surface area contributed by atoms with Crippen LogP contribution in [-0.4, -0.2) is 33.9 Å². The first kappa shape index (κ1) is 17.4. The van der Waals surface area contributed by atoms with Gasteiger partial charge in [0.15, 0.2) is 11.5 Å². The fourth-order valence-corrected chi connectivity index (χ4v) is 2.66. The van der Waals surface area contributed by atoms with Crippen LogP contribution in [0.3, 0.4) is 0 Å². The van der Waals surface area contributed by atoms with Crippen molar-refractivity contribution in [3.8, 4) is 11.5 Å². The maximum Gasteiger partial charge on any atom is 0.343 e. The van der Waals surface area contributed by atoms with Gasteiger partial charge >= 0.3 is 5.97 Å². The fraction of sp³-hybridized carbons (Fsp3) is 0.0476. The number of hydrogen-bond acceptors (Lipinski definition) is 6. The number of fused-ring (bicyclic) bond motifs is 1. The van der Waals surface area contributed by atoms with E-state index < -0.39 is 5.97 Å². The predicted octanol–water partition coefficient (Wildman–Crippen LogP) is 3.54. The Kier molecular flexibility index (Phi) is 4.79. The molecule has 7 nitrogen and oxygen atoms in total. The van der Waals surface area contributed by atoms with E-state index in [1.165, 1.54) is 19.5 Å². The average Bonchev–Trinajstić information content (AvgIpc) is 3.16. The molecule has 2 aromatic carbocycles. The molecule has 0 aliphatic carbocycles. The van der Waals surface area contributed by atoms with Gasteiger partial charge in [-0.1, -0.05) is 12.1 Å². The molecule has 0 N–H and O–H groups in total. The van der Waals surface area contributed by atoms with E-state index in [1.807, 2.05) is 24.3 Å². The van der Waals surface area contributed by atoms with Crippen molar-refractivity contribution in [1.82, 2.24) is 14.6 Å². The summed E-state index contributed by atoms with van der Waals surface area (Å²) in [6.07, 6.45) is 6.41. The monoisotopic (exact) mass is 372 g/mol. The molecular formula is C21H16N4O3. The SMILES string of the molecule is COc1cc(/C=N\n2cnc3ccccc32)ccc1OC(=O)c1ccncc1. The highest BCUT2D eigenvalue weighted by Gasteiger charge is 2.12. The van der Waals surface area contributed by atoms with Gasteiger partial charge in [-0.15, -0.1) is 0 Å². The number of hydrogen-bond donors (Lipinski definition) is 0. The van der Waals surface area contributed by atoms with Gasteiger partial charge in [-0.25, -0.2) is 14.5 Å². The average molecular weight is 372 g/mol. The summed E-state index contributed by atoms with van der Waals surface area (Å²) in [5.74, 6) is 0.281. The van der Waals surface area contributed by atoms with Gasteiger partial charge in [0.05, 0.1) is 29.9 Å². The predicted molar refractivity (Wildman–Crippen MR) is 105 cm³/mol. The van der Waals surface area contributed by atoms with E-state index in [2.05, 4.69) is 15.1 Å². The molecule has 7 heteroatoms. The lowest BCUT2D eigenvalue weighted by Crippen LogP contribution is -2.09. The molecule has 0 aliphatic rings. The topological polar surface area (TPSA) is 78.6 Å². The molecule has 0 radical (unpaired) electrons. The summed E-state index contributed by atoms with van der Waals surface area (Å²) in [4.78, 5) is 20.4. The molecule has 0 fully saturated rings. The van der Waals surface area contributed by atoms with E-state index >= 15 is 0 Å². The van der Waals surface area contributed by atoms with E-state index in [-0.39, 0.29) is 0 Å². The fourth-order valence-electron chi connectivity index (χ4n) is 2.66. The first-order valence-electron chi connectivity index (χ1n) is 8.51. The molecule has 0 saturated carbocycles. The Hall–Kier alpha value is -4.00. The summed E-state index contributed by atoms with van der Waals surface area (Å²) in [7, 11) is 1.52. The molecule has 0 unspecified atom stereocenters. The summed E-state index contributed by atoms with van der Waals surface area (Å²) in [6, 6.07) is 16.1. The molecule has 2 aromatic heterocycles. The molecule has 0 amide bonds. The number of benzene rings is 2. The van der Waals surface area contributed by atoms with Gasteiger partial charge in [0, 0.05) is 12.4 Å². The third kappa shape index (κ3) is 3.59. The zero-order valence-electron chi connectivity index (χ0n) is 15.0. The minimum Gasteiger partial charge on any atom is -0.493 e. The standard InChI is InChI=1S/C21H16N4O3/c1-27-20-12-15(13-24-25-14-23-17-4-2-3-5-18(17)25)6-7-19(20)28-21(26)16-8-10-22-11-9-16/h2-14H,1H3/b24-13-. The Labute approximate surface area is 160 Å². The molecule has 0 aliphatic heterocycles. The first-order chi connectivity index (χ1) is 13.7. The van der Waals surface area contributed by atoms with Crippen LogP contribution in [0.2, 0.25) is 0 Å². The summed E-state index contributed by atoms with van der Waals surface area (Å²) in [5.41, 5.74) is 2.98. The maximum absolute atomic E-state index is 12.2. The van der Waals surface area contributed by atoms with E-state index in [4.69, 9.17) is 9.47 Å². The van der Waals surface area contributed by atoms with Crippen molar-refractivity contribution in [1.29, 1.82) is 0 Å². The number of nitrogens with zero attached hydrogens (tertiary/aromatic N) is 4. The molecule has 0 bridgehead atoms. The normalized spacial score (nSPS) is 11.0. The van der Waals surface area contributed by atoms with Gasteiger partial charge in [0.1, 0.15) is 6.33 Å². The van der Waals surface area contributed by atoms with E-state index in [9.17, 15) is 4.79 Å². The molecule has 28 heavy (non-hydrogen) atoms. The number of ether oxygens (including phenoxy) is 2. The number of methoxy groups -OCH3 is 1. The highest BCUT2D eigenvalue weighted by molar-refractivity contribution is 5.91. The third-order valence-corrected chi connectivity index (χ3v) is 4.07. The van der Waals surface area contributed by atoms with Crippen molar-refractivity contribution in [2.45, 2.75) is 0 Å². The van der Waals surface area contributed by atoms with Crippen LogP contribution >= 0.6 is 0 Å². The van der Waals surface area contributed by atoms with Crippen molar-refractivity contribution in [2.75, 3.05) is 7.11 Å². The molecule has 4 aromatic rings. The Balaban J connectivity index is 1.56. The second-order valence-corrected chi connectivity index (χ2v) is 5.86. The van der Waals surface area contributed by atoms with Crippen LogP contribution in [0.5, 0.6) is 11.5 Å². The lowest BCUT2D eigenvalue weighted by atomic mass is 10.2. The number of pyridine rings is 1. The minimum atomic E-state index is -0.480. The lowest BCUT2D eigenvalue weighted by Gasteiger charge is -2.09. The Morgan fingerprint density at radius 3 is 2.71 bits per heavy atom. The van der Waals surface area contributed by atoms with Crippen LogP contribution < -0.4 is 9.47 Å². The van der Waals surface area contributed by atoms with Crippen LogP contribution in [0.15, 0.2) is 78.4 Å². The lowest BCUT2D eigenvalue weighted by molar-refractivity contribution is 0.0729. The first-order valence-corrected chi connectivity index (χ1v) is 8.51. The molecule has 0 atom stereocenters. The number of aromatic nitrogens is 3. The van der Waals surface area contributed by atoms with Gasteiger partial charge in [-0.05, 0) is 48.0 Å². The Morgan fingerprint density at radius 1 is 1.07 bits per heavy atom. The number of para-hydroxylation sites is 2. The largest absolute Gasteiger partial charge is 0.493 e. The van der Waals surface area contributed by atoms with E-state index in [0.29, 0.717) is 17.1 Å². The van der Waals surface area contributed by atoms with E-state index in [1.54, 1.807) is 47.5 Å².